The molecule has 0 unspecified atom stereocenters. The fourth-order valence-corrected chi connectivity index (χ4v) is 3.83. The van der Waals surface area contributed by atoms with Crippen molar-refractivity contribution in [1.29, 1.82) is 0 Å². The zero-order chi connectivity index (χ0) is 23.5. The highest BCUT2D eigenvalue weighted by Crippen LogP contribution is 2.33. The molecule has 0 amide bonds. The number of rotatable bonds is 7. The lowest BCUT2D eigenvalue weighted by Gasteiger charge is -2.07. The summed E-state index contributed by atoms with van der Waals surface area (Å²) in [6, 6.07) is 17.5. The minimum absolute atomic E-state index is 0.0819. The van der Waals surface area contributed by atoms with Crippen molar-refractivity contribution in [3.05, 3.63) is 88.0 Å². The van der Waals surface area contributed by atoms with Gasteiger partial charge < -0.3 is 18.6 Å². The third-order valence-corrected chi connectivity index (χ3v) is 5.52. The molecule has 0 aliphatic heterocycles. The number of ketones is 1. The Hall–Kier alpha value is -4.06. The van der Waals surface area contributed by atoms with Gasteiger partial charge in [0.05, 0.1) is 25.0 Å². The predicted molar refractivity (Wildman–Crippen MR) is 127 cm³/mol. The molecule has 0 aliphatic carbocycles. The van der Waals surface area contributed by atoms with Gasteiger partial charge in [0.2, 0.25) is 0 Å². The van der Waals surface area contributed by atoms with Crippen LogP contribution in [0.15, 0.2) is 69.9 Å². The van der Waals surface area contributed by atoms with E-state index < -0.39 is 0 Å². The molecule has 6 heteroatoms. The van der Waals surface area contributed by atoms with Crippen LogP contribution in [0, 0.1) is 13.8 Å². The molecule has 4 rings (SSSR count). The van der Waals surface area contributed by atoms with Crippen molar-refractivity contribution in [3.8, 4) is 28.4 Å². The van der Waals surface area contributed by atoms with Gasteiger partial charge in [0.15, 0.2) is 17.8 Å². The van der Waals surface area contributed by atoms with Crippen molar-refractivity contribution in [2.45, 2.75) is 13.8 Å². The van der Waals surface area contributed by atoms with Gasteiger partial charge in [-0.05, 0) is 73.5 Å². The predicted octanol–water partition coefficient (Wildman–Crippen LogP) is 5.36. The summed E-state index contributed by atoms with van der Waals surface area (Å²) in [6.07, 6.45) is 0. The minimum atomic E-state index is -0.136. The Labute approximate surface area is 191 Å². The zero-order valence-electron chi connectivity index (χ0n) is 18.9. The van der Waals surface area contributed by atoms with Gasteiger partial charge in [0.25, 0.3) is 0 Å². The van der Waals surface area contributed by atoms with Crippen LogP contribution < -0.4 is 19.6 Å². The highest BCUT2D eigenvalue weighted by atomic mass is 16.5. The molecule has 3 aromatic carbocycles. The largest absolute Gasteiger partial charge is 0.497 e. The summed E-state index contributed by atoms with van der Waals surface area (Å²) in [5, 5.41) is 1.20. The molecule has 0 radical (unpaired) electrons. The molecule has 0 N–H and O–H groups in total. The van der Waals surface area contributed by atoms with E-state index in [1.54, 1.807) is 63.6 Å². The highest BCUT2D eigenvalue weighted by Gasteiger charge is 2.16. The smallest absolute Gasteiger partial charge is 0.200 e. The summed E-state index contributed by atoms with van der Waals surface area (Å²) in [5.74, 6) is 2.89. The highest BCUT2D eigenvalue weighted by molar-refractivity contribution is 5.97. The van der Waals surface area contributed by atoms with Crippen molar-refractivity contribution in [3.63, 3.8) is 0 Å². The molecule has 0 saturated heterocycles. The first-order valence-electron chi connectivity index (χ1n) is 10.4. The lowest BCUT2D eigenvalue weighted by Crippen LogP contribution is -2.11. The molecule has 1 aromatic heterocycles. The third-order valence-electron chi connectivity index (χ3n) is 5.52. The second-order valence-electron chi connectivity index (χ2n) is 7.61. The van der Waals surface area contributed by atoms with Gasteiger partial charge in [-0.2, -0.15) is 0 Å². The van der Waals surface area contributed by atoms with E-state index in [0.717, 1.165) is 5.56 Å². The molecule has 0 saturated carbocycles. The van der Waals surface area contributed by atoms with Gasteiger partial charge in [-0.15, -0.1) is 0 Å². The maximum Gasteiger partial charge on any atom is 0.200 e. The molecule has 0 bridgehead atoms. The monoisotopic (exact) mass is 444 g/mol. The molecule has 6 nitrogen and oxygen atoms in total. The Morgan fingerprint density at radius 1 is 0.788 bits per heavy atom. The first-order chi connectivity index (χ1) is 15.9. The fourth-order valence-electron chi connectivity index (χ4n) is 3.83. The number of ether oxygens (including phenoxy) is 3. The van der Waals surface area contributed by atoms with Crippen LogP contribution in [0.1, 0.15) is 21.9 Å². The maximum atomic E-state index is 12.9. The summed E-state index contributed by atoms with van der Waals surface area (Å²) in [4.78, 5) is 25.3. The van der Waals surface area contributed by atoms with Crippen molar-refractivity contribution in [2.24, 2.45) is 0 Å². The number of carbonyl (C=O) groups excluding carboxylic acids is 1. The fraction of sp³-hybridized carbons (Fsp3) is 0.185. The topological polar surface area (TPSA) is 75.0 Å². The molecule has 0 fully saturated rings. The number of furan rings is 1. The molecule has 0 atom stereocenters. The molecule has 0 spiro atoms. The molecule has 33 heavy (non-hydrogen) atoms. The number of aryl methyl sites for hydroxylation is 2. The second kappa shape index (κ2) is 9.20. The maximum absolute atomic E-state index is 12.9. The van der Waals surface area contributed by atoms with E-state index in [1.807, 2.05) is 25.1 Å². The number of hydrogen-bond donors (Lipinski definition) is 0. The number of fused-ring (bicyclic) bond motifs is 1. The summed E-state index contributed by atoms with van der Waals surface area (Å²) in [6.45, 7) is 3.51. The van der Waals surface area contributed by atoms with E-state index in [-0.39, 0.29) is 17.8 Å². The van der Waals surface area contributed by atoms with E-state index in [9.17, 15) is 9.59 Å². The second-order valence-corrected chi connectivity index (χ2v) is 7.61. The Morgan fingerprint density at radius 3 is 2.06 bits per heavy atom. The van der Waals surface area contributed by atoms with E-state index in [0.29, 0.717) is 50.7 Å². The van der Waals surface area contributed by atoms with Crippen LogP contribution >= 0.6 is 0 Å². The van der Waals surface area contributed by atoms with E-state index in [4.69, 9.17) is 18.6 Å². The summed E-state index contributed by atoms with van der Waals surface area (Å²) >= 11 is 0. The van der Waals surface area contributed by atoms with Gasteiger partial charge in [-0.25, -0.2) is 0 Å². The van der Waals surface area contributed by atoms with Gasteiger partial charge >= 0.3 is 0 Å². The molecule has 168 valence electrons. The Morgan fingerprint density at radius 2 is 1.42 bits per heavy atom. The van der Waals surface area contributed by atoms with Crippen LogP contribution in [0.3, 0.4) is 0 Å². The third kappa shape index (κ3) is 4.46. The molecule has 0 aliphatic rings. The van der Waals surface area contributed by atoms with Crippen molar-refractivity contribution < 1.29 is 23.4 Å². The van der Waals surface area contributed by atoms with E-state index in [1.165, 1.54) is 0 Å². The van der Waals surface area contributed by atoms with Crippen LogP contribution in [-0.2, 0) is 0 Å². The molecule has 4 aromatic rings. The van der Waals surface area contributed by atoms with Crippen molar-refractivity contribution in [2.75, 3.05) is 20.8 Å². The number of carbonyl (C=O) groups is 1. The average molecular weight is 444 g/mol. The number of benzene rings is 2. The van der Waals surface area contributed by atoms with Gasteiger partial charge in [0.1, 0.15) is 28.8 Å². The summed E-state index contributed by atoms with van der Waals surface area (Å²) < 4.78 is 22.0. The van der Waals surface area contributed by atoms with Crippen LogP contribution in [0.5, 0.6) is 17.2 Å². The zero-order valence-corrected chi connectivity index (χ0v) is 18.9. The van der Waals surface area contributed by atoms with Crippen LogP contribution in [0.25, 0.3) is 21.9 Å². The Balaban J connectivity index is 1.56. The molecule has 1 heterocycles. The Kier molecular flexibility index (Phi) is 6.18. The van der Waals surface area contributed by atoms with Gasteiger partial charge in [-0.3, -0.25) is 9.59 Å². The minimum Gasteiger partial charge on any atom is -0.497 e. The van der Waals surface area contributed by atoms with Crippen LogP contribution in [0.4, 0.5) is 0 Å². The molecular weight excluding hydrogens is 420 g/mol. The quantitative estimate of drug-likeness (QED) is 0.358. The van der Waals surface area contributed by atoms with Crippen LogP contribution in [-0.4, -0.2) is 26.6 Å². The molecular formula is C27H24O6. The van der Waals surface area contributed by atoms with Crippen molar-refractivity contribution in [1.82, 2.24) is 0 Å². The number of hydrogen-bond acceptors (Lipinski definition) is 6. The average Bonchev–Trinajstić information content (AvgIpc) is 3.04. The first-order valence-corrected chi connectivity index (χ1v) is 10.4. The van der Waals surface area contributed by atoms with E-state index >= 15 is 0 Å². The lowest BCUT2D eigenvalue weighted by atomic mass is 10.1. The number of Topliss-reactive ketones (excluding diaryl/α,β-unsaturated/α-hetero) is 1. The standard InChI is InChI=1S/C27H24O6/c1-16-26-23(28)13-20(14-25(31-4)27(26)17(2)33-16)18-5-11-22(12-6-18)32-15-24(29)19-7-9-21(30-3)10-8-19/h5-14H,15H2,1-4H3. The van der Waals surface area contributed by atoms with E-state index in [2.05, 4.69) is 0 Å². The SMILES string of the molecule is COc1ccc(C(=O)COc2ccc(-c3cc(OC)c4c(C)oc(C)c4c(=O)c3)cc2)cc1. The van der Waals surface area contributed by atoms with Gasteiger partial charge in [0, 0.05) is 5.56 Å². The number of methoxy groups -OCH3 is 2. The van der Waals surface area contributed by atoms with Crippen LogP contribution in [0.2, 0.25) is 0 Å². The lowest BCUT2D eigenvalue weighted by molar-refractivity contribution is 0.0921. The Bertz CT molecular complexity index is 1370. The van der Waals surface area contributed by atoms with Gasteiger partial charge in [-0.1, -0.05) is 12.1 Å². The van der Waals surface area contributed by atoms with Crippen molar-refractivity contribution >= 4 is 16.6 Å². The summed E-state index contributed by atoms with van der Waals surface area (Å²) in [7, 11) is 3.15. The normalized spacial score (nSPS) is 10.8. The first kappa shape index (κ1) is 22.1. The summed E-state index contributed by atoms with van der Waals surface area (Å²) in [5.41, 5.74) is 1.95.